The van der Waals surface area contributed by atoms with Gasteiger partial charge in [0.05, 0.1) is 6.04 Å². The minimum absolute atomic E-state index is 0.190. The number of hydrogen-bond donors (Lipinski definition) is 2. The van der Waals surface area contributed by atoms with E-state index in [1.165, 1.54) is 0 Å². The average molecular weight is 359 g/mol. The number of unbranched alkanes of at least 4 members (excludes halogenated alkanes) is 3. The molecule has 142 valence electrons. The summed E-state index contributed by atoms with van der Waals surface area (Å²) in [6, 6.07) is 8.88. The SMILES string of the molecule is CCCCCC[C@@]1(C)NC(=O)N(CC(=O)N[C@H](C)c2ccccc2)C1=O. The molecule has 0 saturated carbocycles. The molecule has 6 heteroatoms. The van der Waals surface area contributed by atoms with Crippen molar-refractivity contribution in [2.45, 2.75) is 64.5 Å². The minimum atomic E-state index is -0.907. The van der Waals surface area contributed by atoms with Gasteiger partial charge in [-0.15, -0.1) is 0 Å². The molecule has 6 nitrogen and oxygen atoms in total. The molecule has 1 aliphatic rings. The molecular formula is C20H29N3O3. The number of rotatable bonds is 9. The molecule has 1 saturated heterocycles. The normalized spacial score (nSPS) is 20.8. The van der Waals surface area contributed by atoms with Crippen LogP contribution in [0, 0.1) is 0 Å². The molecule has 2 atom stereocenters. The highest BCUT2D eigenvalue weighted by molar-refractivity contribution is 6.08. The van der Waals surface area contributed by atoms with E-state index in [0.717, 1.165) is 36.1 Å². The van der Waals surface area contributed by atoms with Crippen LogP contribution in [0.1, 0.15) is 64.5 Å². The Morgan fingerprint density at radius 2 is 1.88 bits per heavy atom. The van der Waals surface area contributed by atoms with Gasteiger partial charge in [0.2, 0.25) is 5.91 Å². The van der Waals surface area contributed by atoms with Crippen molar-refractivity contribution in [3.8, 4) is 0 Å². The van der Waals surface area contributed by atoms with E-state index in [2.05, 4.69) is 17.6 Å². The lowest BCUT2D eigenvalue weighted by Gasteiger charge is -2.22. The van der Waals surface area contributed by atoms with Gasteiger partial charge in [-0.05, 0) is 25.8 Å². The van der Waals surface area contributed by atoms with Crippen LogP contribution in [0.4, 0.5) is 4.79 Å². The molecule has 0 spiro atoms. The predicted molar refractivity (Wildman–Crippen MR) is 100 cm³/mol. The number of nitrogens with one attached hydrogen (secondary N) is 2. The van der Waals surface area contributed by atoms with Gasteiger partial charge >= 0.3 is 6.03 Å². The molecule has 1 aliphatic heterocycles. The Morgan fingerprint density at radius 3 is 2.54 bits per heavy atom. The Hall–Kier alpha value is -2.37. The molecule has 2 N–H and O–H groups in total. The molecule has 0 unspecified atom stereocenters. The molecule has 0 radical (unpaired) electrons. The molecule has 1 aromatic rings. The second-order valence-corrected chi connectivity index (χ2v) is 7.16. The van der Waals surface area contributed by atoms with Crippen LogP contribution < -0.4 is 10.6 Å². The number of urea groups is 1. The highest BCUT2D eigenvalue weighted by Gasteiger charge is 2.47. The van der Waals surface area contributed by atoms with E-state index in [1.807, 2.05) is 37.3 Å². The Kier molecular flexibility index (Phi) is 6.77. The Balaban J connectivity index is 1.91. The number of amides is 4. The number of carbonyl (C=O) groups is 3. The first-order chi connectivity index (χ1) is 12.4. The van der Waals surface area contributed by atoms with Crippen LogP contribution in [-0.2, 0) is 9.59 Å². The summed E-state index contributed by atoms with van der Waals surface area (Å²) in [5, 5.41) is 5.59. The Morgan fingerprint density at radius 1 is 1.19 bits per heavy atom. The van der Waals surface area contributed by atoms with Crippen molar-refractivity contribution in [2.75, 3.05) is 6.54 Å². The molecule has 2 rings (SSSR count). The number of nitrogens with zero attached hydrogens (tertiary/aromatic N) is 1. The van der Waals surface area contributed by atoms with Gasteiger partial charge in [0, 0.05) is 0 Å². The molecular weight excluding hydrogens is 330 g/mol. The second-order valence-electron chi connectivity index (χ2n) is 7.16. The van der Waals surface area contributed by atoms with Crippen LogP contribution in [-0.4, -0.2) is 34.8 Å². The largest absolute Gasteiger partial charge is 0.348 e. The fourth-order valence-corrected chi connectivity index (χ4v) is 3.22. The standard InChI is InChI=1S/C20H29N3O3/c1-4-5-6-10-13-20(3)18(25)23(19(26)22-20)14-17(24)21-15(2)16-11-8-7-9-12-16/h7-9,11-12,15H,4-6,10,13-14H2,1-3H3,(H,21,24)(H,22,26)/t15-,20-/m1/s1. The third-order valence-electron chi connectivity index (χ3n) is 4.85. The average Bonchev–Trinajstić information content (AvgIpc) is 2.83. The summed E-state index contributed by atoms with van der Waals surface area (Å²) in [5.41, 5.74) is 0.0645. The molecule has 26 heavy (non-hydrogen) atoms. The van der Waals surface area contributed by atoms with Gasteiger partial charge in [0.25, 0.3) is 5.91 Å². The van der Waals surface area contributed by atoms with Gasteiger partial charge in [-0.25, -0.2) is 4.79 Å². The summed E-state index contributed by atoms with van der Waals surface area (Å²) in [5.74, 6) is -0.665. The quantitative estimate of drug-likeness (QED) is 0.525. The van der Waals surface area contributed by atoms with Crippen LogP contribution in [0.15, 0.2) is 30.3 Å². The summed E-state index contributed by atoms with van der Waals surface area (Å²) >= 11 is 0. The van der Waals surface area contributed by atoms with E-state index in [-0.39, 0.29) is 24.4 Å². The van der Waals surface area contributed by atoms with Gasteiger partial charge in [0.15, 0.2) is 0 Å². The Bertz CT molecular complexity index is 647. The lowest BCUT2D eigenvalue weighted by molar-refractivity contribution is -0.135. The monoisotopic (exact) mass is 359 g/mol. The predicted octanol–water partition coefficient (Wildman–Crippen LogP) is 3.14. The van der Waals surface area contributed by atoms with E-state index in [9.17, 15) is 14.4 Å². The zero-order chi connectivity index (χ0) is 19.2. The molecule has 0 aliphatic carbocycles. The van der Waals surface area contributed by atoms with Gasteiger partial charge < -0.3 is 10.6 Å². The van der Waals surface area contributed by atoms with Gasteiger partial charge in [-0.3, -0.25) is 14.5 Å². The summed E-state index contributed by atoms with van der Waals surface area (Å²) in [4.78, 5) is 38.2. The smallest absolute Gasteiger partial charge is 0.325 e. The fourth-order valence-electron chi connectivity index (χ4n) is 3.22. The van der Waals surface area contributed by atoms with E-state index in [1.54, 1.807) is 6.92 Å². The molecule has 0 aromatic heterocycles. The second kappa shape index (κ2) is 8.83. The maximum atomic E-state index is 12.7. The van der Waals surface area contributed by atoms with Gasteiger partial charge in [-0.2, -0.15) is 0 Å². The van der Waals surface area contributed by atoms with Crippen LogP contribution in [0.25, 0.3) is 0 Å². The maximum absolute atomic E-state index is 12.7. The number of benzene rings is 1. The molecule has 0 bridgehead atoms. The minimum Gasteiger partial charge on any atom is -0.348 e. The van der Waals surface area contributed by atoms with Crippen molar-refractivity contribution in [3.05, 3.63) is 35.9 Å². The summed E-state index contributed by atoms with van der Waals surface area (Å²) in [6.07, 6.45) is 4.73. The van der Waals surface area contributed by atoms with Crippen molar-refractivity contribution >= 4 is 17.8 Å². The molecule has 1 aromatic carbocycles. The highest BCUT2D eigenvalue weighted by atomic mass is 16.2. The van der Waals surface area contributed by atoms with Crippen LogP contribution >= 0.6 is 0 Å². The number of imide groups is 1. The topological polar surface area (TPSA) is 78.5 Å². The van der Waals surface area contributed by atoms with Crippen molar-refractivity contribution in [3.63, 3.8) is 0 Å². The molecule has 1 heterocycles. The maximum Gasteiger partial charge on any atom is 0.325 e. The summed E-state index contributed by atoms with van der Waals surface area (Å²) < 4.78 is 0. The van der Waals surface area contributed by atoms with Gasteiger partial charge in [-0.1, -0.05) is 62.9 Å². The third-order valence-corrected chi connectivity index (χ3v) is 4.85. The third kappa shape index (κ3) is 4.84. The lowest BCUT2D eigenvalue weighted by atomic mass is 9.94. The van der Waals surface area contributed by atoms with Crippen molar-refractivity contribution in [1.82, 2.24) is 15.5 Å². The van der Waals surface area contributed by atoms with Crippen LogP contribution in [0.2, 0.25) is 0 Å². The van der Waals surface area contributed by atoms with Crippen molar-refractivity contribution in [2.24, 2.45) is 0 Å². The highest BCUT2D eigenvalue weighted by Crippen LogP contribution is 2.24. The van der Waals surface area contributed by atoms with E-state index >= 15 is 0 Å². The van der Waals surface area contributed by atoms with E-state index in [0.29, 0.717) is 6.42 Å². The molecule has 1 fully saturated rings. The van der Waals surface area contributed by atoms with E-state index < -0.39 is 11.6 Å². The summed E-state index contributed by atoms with van der Waals surface area (Å²) in [7, 11) is 0. The van der Waals surface area contributed by atoms with E-state index in [4.69, 9.17) is 0 Å². The Labute approximate surface area is 155 Å². The van der Waals surface area contributed by atoms with Gasteiger partial charge in [0.1, 0.15) is 12.1 Å². The zero-order valence-corrected chi connectivity index (χ0v) is 15.9. The first-order valence-electron chi connectivity index (χ1n) is 9.36. The zero-order valence-electron chi connectivity index (χ0n) is 15.9. The van der Waals surface area contributed by atoms with Crippen molar-refractivity contribution < 1.29 is 14.4 Å². The molecule has 4 amide bonds. The fraction of sp³-hybridized carbons (Fsp3) is 0.550. The number of carbonyl (C=O) groups excluding carboxylic acids is 3. The van der Waals surface area contributed by atoms with Crippen molar-refractivity contribution in [1.29, 1.82) is 0 Å². The van der Waals surface area contributed by atoms with Crippen LogP contribution in [0.3, 0.4) is 0 Å². The number of hydrogen-bond acceptors (Lipinski definition) is 3. The summed E-state index contributed by atoms with van der Waals surface area (Å²) in [6.45, 7) is 5.48. The lowest BCUT2D eigenvalue weighted by Crippen LogP contribution is -2.45. The van der Waals surface area contributed by atoms with Crippen LogP contribution in [0.5, 0.6) is 0 Å². The first kappa shape index (κ1) is 19.9. The first-order valence-corrected chi connectivity index (χ1v) is 9.36.